The van der Waals surface area contributed by atoms with Gasteiger partial charge in [0, 0.05) is 24.8 Å². The Labute approximate surface area is 97.2 Å². The average Bonchev–Trinajstić information content (AvgIpc) is 2.29. The lowest BCUT2D eigenvalue weighted by Crippen LogP contribution is -2.41. The van der Waals surface area contributed by atoms with Crippen LogP contribution in [0.2, 0.25) is 0 Å². The summed E-state index contributed by atoms with van der Waals surface area (Å²) in [6.07, 6.45) is 0.301. The monoisotopic (exact) mass is 220 g/mol. The third-order valence-corrected chi connectivity index (χ3v) is 3.01. The molecule has 3 nitrogen and oxygen atoms in total. The van der Waals surface area contributed by atoms with Gasteiger partial charge in [0.05, 0.1) is 12.7 Å². The molecule has 1 unspecified atom stereocenters. The highest BCUT2D eigenvalue weighted by atomic mass is 16.5. The molecule has 1 fully saturated rings. The van der Waals surface area contributed by atoms with Gasteiger partial charge in [-0.1, -0.05) is 18.2 Å². The molecular weight excluding hydrogens is 200 g/mol. The number of anilines is 1. The smallest absolute Gasteiger partial charge is 0.0722 e. The fraction of sp³-hybridized carbons (Fsp3) is 0.538. The van der Waals surface area contributed by atoms with Crippen molar-refractivity contribution in [3.8, 4) is 0 Å². The SMILES string of the molecule is CC1CN(c2ccccc2[C@H](C)N)CCO1. The fourth-order valence-corrected chi connectivity index (χ4v) is 2.20. The molecule has 0 saturated carbocycles. The summed E-state index contributed by atoms with van der Waals surface area (Å²) in [5, 5.41) is 0. The van der Waals surface area contributed by atoms with Crippen molar-refractivity contribution < 1.29 is 4.74 Å². The molecular formula is C13H20N2O. The molecule has 0 aromatic heterocycles. The van der Waals surface area contributed by atoms with Gasteiger partial charge in [0.15, 0.2) is 0 Å². The van der Waals surface area contributed by atoms with E-state index >= 15 is 0 Å². The van der Waals surface area contributed by atoms with Crippen molar-refractivity contribution in [3.05, 3.63) is 29.8 Å². The summed E-state index contributed by atoms with van der Waals surface area (Å²) in [6, 6.07) is 8.46. The molecule has 1 aliphatic heterocycles. The maximum absolute atomic E-state index is 6.00. The van der Waals surface area contributed by atoms with E-state index in [0.717, 1.165) is 19.7 Å². The molecule has 1 aromatic rings. The normalized spacial score (nSPS) is 23.2. The van der Waals surface area contributed by atoms with Gasteiger partial charge in [0.2, 0.25) is 0 Å². The van der Waals surface area contributed by atoms with Gasteiger partial charge in [-0.05, 0) is 25.5 Å². The van der Waals surface area contributed by atoms with Crippen LogP contribution in [0.25, 0.3) is 0 Å². The number of nitrogens with two attached hydrogens (primary N) is 1. The van der Waals surface area contributed by atoms with Gasteiger partial charge in [-0.2, -0.15) is 0 Å². The van der Waals surface area contributed by atoms with Crippen LogP contribution in [0.3, 0.4) is 0 Å². The number of rotatable bonds is 2. The van der Waals surface area contributed by atoms with Crippen LogP contribution in [0, 0.1) is 0 Å². The number of hydrogen-bond acceptors (Lipinski definition) is 3. The molecule has 0 bridgehead atoms. The maximum Gasteiger partial charge on any atom is 0.0722 e. The molecule has 1 aliphatic rings. The molecule has 3 heteroatoms. The molecule has 0 radical (unpaired) electrons. The van der Waals surface area contributed by atoms with Gasteiger partial charge in [-0.3, -0.25) is 0 Å². The second-order valence-corrected chi connectivity index (χ2v) is 4.47. The average molecular weight is 220 g/mol. The summed E-state index contributed by atoms with van der Waals surface area (Å²) in [5.41, 5.74) is 8.47. The Morgan fingerprint density at radius 1 is 1.44 bits per heavy atom. The standard InChI is InChI=1S/C13H20N2O/c1-10-9-15(7-8-16-10)13-6-4-3-5-12(13)11(2)14/h3-6,10-11H,7-9,14H2,1-2H3/t10?,11-/m0/s1. The number of hydrogen-bond donors (Lipinski definition) is 1. The van der Waals surface area contributed by atoms with E-state index in [1.807, 2.05) is 13.0 Å². The highest BCUT2D eigenvalue weighted by Gasteiger charge is 2.19. The minimum absolute atomic E-state index is 0.0781. The lowest BCUT2D eigenvalue weighted by atomic mass is 10.1. The van der Waals surface area contributed by atoms with Crippen molar-refractivity contribution in [3.63, 3.8) is 0 Å². The zero-order valence-electron chi connectivity index (χ0n) is 10.0. The molecule has 16 heavy (non-hydrogen) atoms. The summed E-state index contributed by atoms with van der Waals surface area (Å²) in [4.78, 5) is 2.37. The van der Waals surface area contributed by atoms with Gasteiger partial charge in [0.25, 0.3) is 0 Å². The maximum atomic E-state index is 6.00. The lowest BCUT2D eigenvalue weighted by Gasteiger charge is -2.34. The third kappa shape index (κ3) is 2.36. The Hall–Kier alpha value is -1.06. The van der Waals surface area contributed by atoms with E-state index < -0.39 is 0 Å². The first-order valence-electron chi connectivity index (χ1n) is 5.89. The molecule has 0 aliphatic carbocycles. The van der Waals surface area contributed by atoms with E-state index in [-0.39, 0.29) is 6.04 Å². The minimum atomic E-state index is 0.0781. The second kappa shape index (κ2) is 4.85. The summed E-state index contributed by atoms with van der Waals surface area (Å²) in [7, 11) is 0. The zero-order chi connectivity index (χ0) is 11.5. The van der Waals surface area contributed by atoms with Crippen LogP contribution in [0.1, 0.15) is 25.5 Å². The van der Waals surface area contributed by atoms with Crippen molar-refractivity contribution in [2.24, 2.45) is 5.73 Å². The molecule has 1 saturated heterocycles. The van der Waals surface area contributed by atoms with Crippen LogP contribution in [0.4, 0.5) is 5.69 Å². The van der Waals surface area contributed by atoms with E-state index in [0.29, 0.717) is 6.10 Å². The quantitative estimate of drug-likeness (QED) is 0.827. The predicted octanol–water partition coefficient (Wildman–Crippen LogP) is 1.93. The van der Waals surface area contributed by atoms with Crippen molar-refractivity contribution in [2.45, 2.75) is 26.0 Å². The molecule has 0 spiro atoms. The first-order valence-corrected chi connectivity index (χ1v) is 5.89. The first-order chi connectivity index (χ1) is 7.68. The van der Waals surface area contributed by atoms with E-state index in [4.69, 9.17) is 10.5 Å². The Bertz CT molecular complexity index is 352. The number of benzene rings is 1. The van der Waals surface area contributed by atoms with Gasteiger partial charge in [0.1, 0.15) is 0 Å². The van der Waals surface area contributed by atoms with E-state index in [2.05, 4.69) is 30.0 Å². The van der Waals surface area contributed by atoms with Crippen LogP contribution in [0.15, 0.2) is 24.3 Å². The summed E-state index contributed by atoms with van der Waals surface area (Å²) < 4.78 is 5.56. The summed E-state index contributed by atoms with van der Waals surface area (Å²) >= 11 is 0. The molecule has 2 rings (SSSR count). The van der Waals surface area contributed by atoms with Crippen molar-refractivity contribution in [1.82, 2.24) is 0 Å². The van der Waals surface area contributed by atoms with Crippen LogP contribution in [-0.4, -0.2) is 25.8 Å². The van der Waals surface area contributed by atoms with E-state index in [1.54, 1.807) is 0 Å². The molecule has 2 atom stereocenters. The van der Waals surface area contributed by atoms with Crippen LogP contribution >= 0.6 is 0 Å². The fourth-order valence-electron chi connectivity index (χ4n) is 2.20. The molecule has 1 heterocycles. The highest BCUT2D eigenvalue weighted by Crippen LogP contribution is 2.26. The third-order valence-electron chi connectivity index (χ3n) is 3.01. The topological polar surface area (TPSA) is 38.5 Å². The van der Waals surface area contributed by atoms with Gasteiger partial charge >= 0.3 is 0 Å². The van der Waals surface area contributed by atoms with Crippen molar-refractivity contribution >= 4 is 5.69 Å². The summed E-state index contributed by atoms with van der Waals surface area (Å²) in [6.45, 7) is 6.84. The van der Waals surface area contributed by atoms with Gasteiger partial charge in [-0.15, -0.1) is 0 Å². The van der Waals surface area contributed by atoms with Crippen LogP contribution in [-0.2, 0) is 4.74 Å². The van der Waals surface area contributed by atoms with E-state index in [1.165, 1.54) is 11.3 Å². The molecule has 0 amide bonds. The Morgan fingerprint density at radius 2 is 2.19 bits per heavy atom. The minimum Gasteiger partial charge on any atom is -0.375 e. The number of morpholine rings is 1. The van der Waals surface area contributed by atoms with Crippen molar-refractivity contribution in [2.75, 3.05) is 24.6 Å². The number of para-hydroxylation sites is 1. The second-order valence-electron chi connectivity index (χ2n) is 4.47. The van der Waals surface area contributed by atoms with E-state index in [9.17, 15) is 0 Å². The largest absolute Gasteiger partial charge is 0.375 e. The van der Waals surface area contributed by atoms with Gasteiger partial charge < -0.3 is 15.4 Å². The van der Waals surface area contributed by atoms with Crippen LogP contribution < -0.4 is 10.6 Å². The van der Waals surface area contributed by atoms with Crippen LogP contribution in [0.5, 0.6) is 0 Å². The Morgan fingerprint density at radius 3 is 2.88 bits per heavy atom. The highest BCUT2D eigenvalue weighted by molar-refractivity contribution is 5.55. The Kier molecular flexibility index (Phi) is 3.46. The number of ether oxygens (including phenoxy) is 1. The lowest BCUT2D eigenvalue weighted by molar-refractivity contribution is 0.0531. The number of nitrogens with zero attached hydrogens (tertiary/aromatic N) is 1. The van der Waals surface area contributed by atoms with Crippen molar-refractivity contribution in [1.29, 1.82) is 0 Å². The summed E-state index contributed by atoms with van der Waals surface area (Å²) in [5.74, 6) is 0. The predicted molar refractivity (Wildman–Crippen MR) is 66.7 cm³/mol. The first kappa shape index (κ1) is 11.4. The Balaban J connectivity index is 2.25. The van der Waals surface area contributed by atoms with Gasteiger partial charge in [-0.25, -0.2) is 0 Å². The molecule has 88 valence electrons. The molecule has 2 N–H and O–H groups in total. The molecule has 1 aromatic carbocycles. The zero-order valence-corrected chi connectivity index (χ0v) is 10.0.